The highest BCUT2D eigenvalue weighted by atomic mass is 35.5. The van der Waals surface area contributed by atoms with Gasteiger partial charge in [0.05, 0.1) is 25.0 Å². The second-order valence-corrected chi connectivity index (χ2v) is 6.94. The van der Waals surface area contributed by atoms with E-state index in [9.17, 15) is 13.6 Å². The quantitative estimate of drug-likeness (QED) is 0.331. The summed E-state index contributed by atoms with van der Waals surface area (Å²) in [7, 11) is 0. The molecule has 0 atom stereocenters. The number of nitrogens with zero attached hydrogens (tertiary/aromatic N) is 5. The number of esters is 1. The van der Waals surface area contributed by atoms with Gasteiger partial charge in [-0.05, 0) is 25.1 Å². The molecule has 3 heterocycles. The highest BCUT2D eigenvalue weighted by molar-refractivity contribution is 6.30. The van der Waals surface area contributed by atoms with E-state index in [0.29, 0.717) is 22.3 Å². The second kappa shape index (κ2) is 8.73. The maximum absolute atomic E-state index is 14.2. The molecule has 3 aromatic heterocycles. The van der Waals surface area contributed by atoms with E-state index in [1.165, 1.54) is 23.0 Å². The third-order valence-corrected chi connectivity index (χ3v) is 4.85. The Morgan fingerprint density at radius 1 is 1.16 bits per heavy atom. The molecule has 0 aliphatic heterocycles. The monoisotopic (exact) mass is 443 g/mol. The van der Waals surface area contributed by atoms with Gasteiger partial charge < -0.3 is 4.74 Å². The van der Waals surface area contributed by atoms with Crippen molar-refractivity contribution in [1.29, 1.82) is 0 Å². The van der Waals surface area contributed by atoms with Crippen LogP contribution in [0.1, 0.15) is 18.1 Å². The molecule has 0 aliphatic carbocycles. The molecule has 7 nitrogen and oxygen atoms in total. The number of halogens is 3. The summed E-state index contributed by atoms with van der Waals surface area (Å²) in [5, 5.41) is 5.19. The zero-order chi connectivity index (χ0) is 22.0. The number of hydrogen-bond acceptors (Lipinski definition) is 6. The Labute approximate surface area is 180 Å². The number of ether oxygens (including phenoxy) is 1. The van der Waals surface area contributed by atoms with Gasteiger partial charge in [-0.25, -0.2) is 28.4 Å². The maximum atomic E-state index is 14.2. The standard InChI is InChI=1S/C21H16ClF2N5O2/c1-2-31-16(30)9-13-10-26-20(27-19(13)22)18-14-6-4-8-25-21(14)29(28-18)11-12-5-3-7-15(23)17(12)24/h3-8,10H,2,9,11H2,1H3. The van der Waals surface area contributed by atoms with Gasteiger partial charge in [0, 0.05) is 23.5 Å². The minimum atomic E-state index is -0.939. The average Bonchev–Trinajstić information content (AvgIpc) is 3.12. The molecule has 4 rings (SSSR count). The molecule has 0 spiro atoms. The average molecular weight is 444 g/mol. The van der Waals surface area contributed by atoms with Gasteiger partial charge in [0.15, 0.2) is 23.1 Å². The van der Waals surface area contributed by atoms with Crippen LogP contribution in [-0.2, 0) is 22.5 Å². The first-order chi connectivity index (χ1) is 15.0. The first kappa shape index (κ1) is 20.8. The van der Waals surface area contributed by atoms with Gasteiger partial charge in [-0.1, -0.05) is 23.7 Å². The number of carbonyl (C=O) groups excluding carboxylic acids is 1. The van der Waals surface area contributed by atoms with Crippen molar-refractivity contribution in [2.45, 2.75) is 19.9 Å². The summed E-state index contributed by atoms with van der Waals surface area (Å²) in [4.78, 5) is 24.6. The van der Waals surface area contributed by atoms with Gasteiger partial charge in [0.25, 0.3) is 0 Å². The Balaban J connectivity index is 1.73. The third kappa shape index (κ3) is 4.22. The topological polar surface area (TPSA) is 82.8 Å². The van der Waals surface area contributed by atoms with Crippen molar-refractivity contribution < 1.29 is 18.3 Å². The number of pyridine rings is 1. The van der Waals surface area contributed by atoms with E-state index in [0.717, 1.165) is 6.07 Å². The first-order valence-corrected chi connectivity index (χ1v) is 9.77. The number of benzene rings is 1. The molecule has 0 amide bonds. The molecule has 0 N–H and O–H groups in total. The Kier molecular flexibility index (Phi) is 5.85. The summed E-state index contributed by atoms with van der Waals surface area (Å²) >= 11 is 6.25. The van der Waals surface area contributed by atoms with Crippen LogP contribution in [0.15, 0.2) is 42.7 Å². The molecule has 0 saturated heterocycles. The molecule has 31 heavy (non-hydrogen) atoms. The maximum Gasteiger partial charge on any atom is 0.310 e. The zero-order valence-electron chi connectivity index (χ0n) is 16.3. The Morgan fingerprint density at radius 2 is 2.00 bits per heavy atom. The summed E-state index contributed by atoms with van der Waals surface area (Å²) in [5.41, 5.74) is 1.39. The lowest BCUT2D eigenvalue weighted by atomic mass is 10.2. The van der Waals surface area contributed by atoms with E-state index in [2.05, 4.69) is 20.1 Å². The van der Waals surface area contributed by atoms with Crippen LogP contribution in [-0.4, -0.2) is 37.3 Å². The van der Waals surface area contributed by atoms with Crippen LogP contribution in [0.25, 0.3) is 22.6 Å². The Bertz CT molecular complexity index is 1280. The van der Waals surface area contributed by atoms with E-state index in [4.69, 9.17) is 16.3 Å². The normalized spacial score (nSPS) is 11.1. The van der Waals surface area contributed by atoms with Crippen molar-refractivity contribution in [3.8, 4) is 11.5 Å². The van der Waals surface area contributed by atoms with E-state index in [1.54, 1.807) is 25.3 Å². The van der Waals surface area contributed by atoms with Gasteiger partial charge in [-0.2, -0.15) is 5.10 Å². The van der Waals surface area contributed by atoms with Crippen LogP contribution in [0.4, 0.5) is 8.78 Å². The molecule has 0 bridgehead atoms. The molecule has 0 aliphatic rings. The molecule has 4 aromatic rings. The highest BCUT2D eigenvalue weighted by Gasteiger charge is 2.19. The fourth-order valence-electron chi connectivity index (χ4n) is 3.10. The van der Waals surface area contributed by atoms with Crippen molar-refractivity contribution in [2.24, 2.45) is 0 Å². The number of rotatable bonds is 6. The van der Waals surface area contributed by atoms with Crippen LogP contribution in [0, 0.1) is 11.6 Å². The SMILES string of the molecule is CCOC(=O)Cc1cnc(-c2nn(Cc3cccc(F)c3F)c3ncccc23)nc1Cl. The fraction of sp³-hybridized carbons (Fsp3) is 0.190. The molecule has 0 saturated carbocycles. The number of fused-ring (bicyclic) bond motifs is 1. The predicted octanol–water partition coefficient (Wildman–Crippen LogP) is 3.97. The van der Waals surface area contributed by atoms with E-state index in [1.807, 2.05) is 0 Å². The lowest BCUT2D eigenvalue weighted by molar-refractivity contribution is -0.142. The van der Waals surface area contributed by atoms with Gasteiger partial charge in [-0.3, -0.25) is 4.79 Å². The van der Waals surface area contributed by atoms with Crippen LogP contribution >= 0.6 is 11.6 Å². The van der Waals surface area contributed by atoms with Gasteiger partial charge in [-0.15, -0.1) is 0 Å². The van der Waals surface area contributed by atoms with Crippen LogP contribution < -0.4 is 0 Å². The molecule has 10 heteroatoms. The second-order valence-electron chi connectivity index (χ2n) is 6.59. The molecule has 158 valence electrons. The minimum Gasteiger partial charge on any atom is -0.466 e. The van der Waals surface area contributed by atoms with Crippen molar-refractivity contribution >= 4 is 28.6 Å². The summed E-state index contributed by atoms with van der Waals surface area (Å²) in [6.07, 6.45) is 2.96. The fourth-order valence-corrected chi connectivity index (χ4v) is 3.30. The minimum absolute atomic E-state index is 0.0359. The third-order valence-electron chi connectivity index (χ3n) is 4.52. The predicted molar refractivity (Wildman–Crippen MR) is 109 cm³/mol. The van der Waals surface area contributed by atoms with Crippen molar-refractivity contribution in [3.63, 3.8) is 0 Å². The van der Waals surface area contributed by atoms with Crippen LogP contribution in [0.5, 0.6) is 0 Å². The van der Waals surface area contributed by atoms with Gasteiger partial charge >= 0.3 is 5.97 Å². The van der Waals surface area contributed by atoms with Crippen LogP contribution in [0.2, 0.25) is 5.15 Å². The number of carbonyl (C=O) groups is 1. The summed E-state index contributed by atoms with van der Waals surface area (Å²) < 4.78 is 34.1. The number of aromatic nitrogens is 5. The lowest BCUT2D eigenvalue weighted by Gasteiger charge is -2.05. The first-order valence-electron chi connectivity index (χ1n) is 9.39. The summed E-state index contributed by atoms with van der Waals surface area (Å²) in [6, 6.07) is 7.45. The van der Waals surface area contributed by atoms with Crippen molar-refractivity contribution in [3.05, 3.63) is 70.6 Å². The molecule has 0 fully saturated rings. The van der Waals surface area contributed by atoms with E-state index < -0.39 is 17.6 Å². The zero-order valence-corrected chi connectivity index (χ0v) is 17.1. The van der Waals surface area contributed by atoms with Crippen molar-refractivity contribution in [1.82, 2.24) is 24.7 Å². The van der Waals surface area contributed by atoms with Gasteiger partial charge in [0.1, 0.15) is 10.8 Å². The Morgan fingerprint density at radius 3 is 2.77 bits per heavy atom. The van der Waals surface area contributed by atoms with Crippen LogP contribution in [0.3, 0.4) is 0 Å². The molecule has 1 aromatic carbocycles. The summed E-state index contributed by atoms with van der Waals surface area (Å²) in [5.74, 6) is -2.09. The molecule has 0 radical (unpaired) electrons. The smallest absolute Gasteiger partial charge is 0.310 e. The van der Waals surface area contributed by atoms with Gasteiger partial charge in [0.2, 0.25) is 0 Å². The molecule has 0 unspecified atom stereocenters. The number of hydrogen-bond donors (Lipinski definition) is 0. The summed E-state index contributed by atoms with van der Waals surface area (Å²) in [6.45, 7) is 1.94. The Hall–Kier alpha value is -3.46. The lowest BCUT2D eigenvalue weighted by Crippen LogP contribution is -2.09. The van der Waals surface area contributed by atoms with E-state index >= 15 is 0 Å². The largest absolute Gasteiger partial charge is 0.466 e. The molecular formula is C21H16ClF2N5O2. The highest BCUT2D eigenvalue weighted by Crippen LogP contribution is 2.27. The van der Waals surface area contributed by atoms with E-state index in [-0.39, 0.29) is 36.1 Å². The molecular weight excluding hydrogens is 428 g/mol. The van der Waals surface area contributed by atoms with Crippen molar-refractivity contribution in [2.75, 3.05) is 6.61 Å².